The largest absolute Gasteiger partial charge is 0.326 e. The molecule has 0 saturated heterocycles. The minimum absolute atomic E-state index is 0.242. The zero-order valence-electron chi connectivity index (χ0n) is 12.4. The van der Waals surface area contributed by atoms with Gasteiger partial charge in [0.1, 0.15) is 0 Å². The Balaban J connectivity index is 2.17. The summed E-state index contributed by atoms with van der Waals surface area (Å²) in [6, 6.07) is 3.22. The van der Waals surface area contributed by atoms with Gasteiger partial charge in [-0.05, 0) is 48.9 Å². The van der Waals surface area contributed by atoms with Crippen molar-refractivity contribution in [2.45, 2.75) is 50.5 Å². The van der Waals surface area contributed by atoms with Crippen molar-refractivity contribution in [3.8, 4) is 0 Å². The van der Waals surface area contributed by atoms with Crippen LogP contribution in [0.15, 0.2) is 17.0 Å². The van der Waals surface area contributed by atoms with Crippen LogP contribution in [0.3, 0.4) is 0 Å². The van der Waals surface area contributed by atoms with Crippen molar-refractivity contribution in [1.29, 1.82) is 0 Å². The van der Waals surface area contributed by atoms with E-state index in [-0.39, 0.29) is 11.4 Å². The molecule has 1 saturated carbocycles. The summed E-state index contributed by atoms with van der Waals surface area (Å²) in [5.41, 5.74) is 7.09. The van der Waals surface area contributed by atoms with E-state index in [9.17, 15) is 8.42 Å². The smallest absolute Gasteiger partial charge is 0.240 e. The van der Waals surface area contributed by atoms with Gasteiger partial charge in [-0.15, -0.1) is 0 Å². The van der Waals surface area contributed by atoms with Crippen molar-refractivity contribution in [2.75, 3.05) is 6.54 Å². The predicted molar refractivity (Wildman–Crippen MR) is 85.8 cm³/mol. The molecule has 1 aromatic carbocycles. The second kappa shape index (κ2) is 7.09. The molecule has 0 atom stereocenters. The highest BCUT2D eigenvalue weighted by molar-refractivity contribution is 7.89. The lowest BCUT2D eigenvalue weighted by Crippen LogP contribution is -2.31. The second-order valence-corrected chi connectivity index (χ2v) is 7.92. The van der Waals surface area contributed by atoms with Crippen molar-refractivity contribution in [3.05, 3.63) is 28.3 Å². The van der Waals surface area contributed by atoms with E-state index >= 15 is 0 Å². The first kappa shape index (κ1) is 16.7. The fraction of sp³-hybridized carbons (Fsp3) is 0.600. The zero-order chi connectivity index (χ0) is 15.5. The first-order valence-electron chi connectivity index (χ1n) is 7.43. The van der Waals surface area contributed by atoms with Gasteiger partial charge in [0.15, 0.2) is 0 Å². The summed E-state index contributed by atoms with van der Waals surface area (Å²) in [4.78, 5) is 0.242. The molecule has 0 aromatic heterocycles. The minimum atomic E-state index is -3.54. The average Bonchev–Trinajstić information content (AvgIpc) is 2.48. The number of benzene rings is 1. The Morgan fingerprint density at radius 2 is 1.95 bits per heavy atom. The summed E-state index contributed by atoms with van der Waals surface area (Å²) in [7, 11) is -3.54. The van der Waals surface area contributed by atoms with Crippen molar-refractivity contribution >= 4 is 21.6 Å². The van der Waals surface area contributed by atoms with Gasteiger partial charge in [-0.25, -0.2) is 13.1 Å². The molecule has 118 valence electrons. The molecule has 0 unspecified atom stereocenters. The van der Waals surface area contributed by atoms with Crippen LogP contribution < -0.4 is 10.5 Å². The monoisotopic (exact) mass is 330 g/mol. The van der Waals surface area contributed by atoms with E-state index < -0.39 is 10.0 Å². The van der Waals surface area contributed by atoms with E-state index in [1.807, 2.05) is 0 Å². The van der Waals surface area contributed by atoms with E-state index in [0.717, 1.165) is 18.4 Å². The molecule has 0 heterocycles. The fourth-order valence-electron chi connectivity index (χ4n) is 2.90. The number of nitrogens with two attached hydrogens (primary N) is 1. The number of nitrogens with one attached hydrogen (secondary N) is 1. The average molecular weight is 331 g/mol. The van der Waals surface area contributed by atoms with Crippen LogP contribution in [-0.4, -0.2) is 15.0 Å². The lowest BCUT2D eigenvalue weighted by Gasteiger charge is -2.22. The summed E-state index contributed by atoms with van der Waals surface area (Å²) in [5.74, 6) is 0.446. The van der Waals surface area contributed by atoms with Crippen LogP contribution in [0, 0.1) is 12.8 Å². The standard InChI is InChI=1S/C15H23ClN2O2S/c1-11-13(9-17)7-14(16)8-15(11)21(19,20)18-10-12-5-3-2-4-6-12/h7-8,12,18H,2-6,9-10,17H2,1H3. The van der Waals surface area contributed by atoms with Gasteiger partial charge in [0.05, 0.1) is 4.90 Å². The molecule has 21 heavy (non-hydrogen) atoms. The highest BCUT2D eigenvalue weighted by atomic mass is 35.5. The number of rotatable bonds is 5. The maximum Gasteiger partial charge on any atom is 0.240 e. The Bertz CT molecular complexity index is 596. The minimum Gasteiger partial charge on any atom is -0.326 e. The molecule has 0 aliphatic heterocycles. The molecular formula is C15H23ClN2O2S. The summed E-state index contributed by atoms with van der Waals surface area (Å²) < 4.78 is 27.7. The molecule has 6 heteroatoms. The highest BCUT2D eigenvalue weighted by Crippen LogP contribution is 2.26. The van der Waals surface area contributed by atoms with E-state index in [0.29, 0.717) is 23.0 Å². The lowest BCUT2D eigenvalue weighted by molar-refractivity contribution is 0.357. The van der Waals surface area contributed by atoms with Gasteiger partial charge in [-0.3, -0.25) is 0 Å². The van der Waals surface area contributed by atoms with Crippen LogP contribution >= 0.6 is 11.6 Å². The molecule has 2 rings (SSSR count). The van der Waals surface area contributed by atoms with Gasteiger partial charge in [0.2, 0.25) is 10.0 Å². The van der Waals surface area contributed by atoms with Crippen LogP contribution in [-0.2, 0) is 16.6 Å². The van der Waals surface area contributed by atoms with E-state index in [1.54, 1.807) is 13.0 Å². The maximum absolute atomic E-state index is 12.5. The lowest BCUT2D eigenvalue weighted by atomic mass is 9.90. The van der Waals surface area contributed by atoms with Crippen molar-refractivity contribution in [2.24, 2.45) is 11.7 Å². The molecule has 0 radical (unpaired) electrons. The van der Waals surface area contributed by atoms with Gasteiger partial charge in [-0.1, -0.05) is 30.9 Å². The summed E-state index contributed by atoms with van der Waals surface area (Å²) in [5, 5.41) is 0.402. The predicted octanol–water partition coefficient (Wildman–Crippen LogP) is 2.97. The van der Waals surface area contributed by atoms with Crippen LogP contribution in [0.1, 0.15) is 43.2 Å². The summed E-state index contributed by atoms with van der Waals surface area (Å²) in [6.45, 7) is 2.55. The first-order chi connectivity index (χ1) is 9.94. The third-order valence-corrected chi connectivity index (χ3v) is 6.00. The summed E-state index contributed by atoms with van der Waals surface area (Å²) >= 11 is 6.01. The zero-order valence-corrected chi connectivity index (χ0v) is 13.9. The summed E-state index contributed by atoms with van der Waals surface area (Å²) in [6.07, 6.45) is 5.85. The molecule has 1 fully saturated rings. The van der Waals surface area contributed by atoms with Gasteiger partial charge >= 0.3 is 0 Å². The molecular weight excluding hydrogens is 308 g/mol. The Morgan fingerprint density at radius 3 is 2.57 bits per heavy atom. The molecule has 0 amide bonds. The van der Waals surface area contributed by atoms with Crippen LogP contribution in [0.2, 0.25) is 5.02 Å². The molecule has 0 spiro atoms. The van der Waals surface area contributed by atoms with Crippen molar-refractivity contribution in [1.82, 2.24) is 4.72 Å². The van der Waals surface area contributed by atoms with Crippen molar-refractivity contribution < 1.29 is 8.42 Å². The van der Waals surface area contributed by atoms with Crippen LogP contribution in [0.25, 0.3) is 0 Å². The Hall–Kier alpha value is -0.620. The quantitative estimate of drug-likeness (QED) is 0.871. The van der Waals surface area contributed by atoms with E-state index in [4.69, 9.17) is 17.3 Å². The van der Waals surface area contributed by atoms with Gasteiger partial charge in [-0.2, -0.15) is 0 Å². The number of hydrogen-bond acceptors (Lipinski definition) is 3. The molecule has 3 N–H and O–H groups in total. The fourth-order valence-corrected chi connectivity index (χ4v) is 4.63. The molecule has 0 bridgehead atoms. The van der Waals surface area contributed by atoms with Crippen LogP contribution in [0.4, 0.5) is 0 Å². The van der Waals surface area contributed by atoms with Gasteiger partial charge in [0.25, 0.3) is 0 Å². The third kappa shape index (κ3) is 4.19. The first-order valence-corrected chi connectivity index (χ1v) is 9.29. The number of sulfonamides is 1. The van der Waals surface area contributed by atoms with Gasteiger partial charge in [0, 0.05) is 18.1 Å². The second-order valence-electron chi connectivity index (χ2n) is 5.75. The topological polar surface area (TPSA) is 72.2 Å². The third-order valence-electron chi connectivity index (χ3n) is 4.23. The Kier molecular flexibility index (Phi) is 5.66. The maximum atomic E-state index is 12.5. The Labute approximate surface area is 132 Å². The normalized spacial score (nSPS) is 17.1. The number of halogens is 1. The molecule has 1 aromatic rings. The Morgan fingerprint density at radius 1 is 1.29 bits per heavy atom. The number of hydrogen-bond donors (Lipinski definition) is 2. The highest BCUT2D eigenvalue weighted by Gasteiger charge is 2.22. The van der Waals surface area contributed by atoms with Gasteiger partial charge < -0.3 is 5.73 Å². The van der Waals surface area contributed by atoms with E-state index in [1.165, 1.54) is 25.3 Å². The molecule has 4 nitrogen and oxygen atoms in total. The van der Waals surface area contributed by atoms with Crippen molar-refractivity contribution in [3.63, 3.8) is 0 Å². The SMILES string of the molecule is Cc1c(CN)cc(Cl)cc1S(=O)(=O)NCC1CCCCC1. The van der Waals surface area contributed by atoms with Crippen LogP contribution in [0.5, 0.6) is 0 Å². The van der Waals surface area contributed by atoms with E-state index in [2.05, 4.69) is 4.72 Å². The molecule has 1 aliphatic rings. The molecule has 1 aliphatic carbocycles.